The molecule has 4 nitrogen and oxygen atoms in total. The maximum atomic E-state index is 9.23. The molecule has 5 heteroatoms. The van der Waals surface area contributed by atoms with Gasteiger partial charge in [0.05, 0.1) is 26.6 Å². The zero-order chi connectivity index (χ0) is 13.3. The molecule has 98 valence electrons. The zero-order valence-electron chi connectivity index (χ0n) is 10.9. The van der Waals surface area contributed by atoms with Crippen LogP contribution in [0.4, 0.5) is 11.4 Å². The molecule has 0 unspecified atom stereocenters. The number of aromatic nitrogens is 1. The minimum absolute atomic E-state index is 0.137. The number of benzene rings is 1. The lowest BCUT2D eigenvalue weighted by Gasteiger charge is -2.23. The van der Waals surface area contributed by atoms with Crippen LogP contribution in [0.3, 0.4) is 0 Å². The Morgan fingerprint density at radius 2 is 2.17 bits per heavy atom. The first-order chi connectivity index (χ1) is 8.41. The molecule has 0 amide bonds. The van der Waals surface area contributed by atoms with Gasteiger partial charge in [0.25, 0.3) is 0 Å². The number of nitrogens with two attached hydrogens (primary N) is 1. The lowest BCUT2D eigenvalue weighted by Crippen LogP contribution is -2.27. The van der Waals surface area contributed by atoms with Crippen molar-refractivity contribution in [3.8, 4) is 0 Å². The average Bonchev–Trinajstić information content (AvgIpc) is 2.65. The molecule has 1 aromatic heterocycles. The molecular formula is C13H19N3OS. The monoisotopic (exact) mass is 265 g/mol. The second kappa shape index (κ2) is 4.74. The van der Waals surface area contributed by atoms with Gasteiger partial charge >= 0.3 is 0 Å². The van der Waals surface area contributed by atoms with Gasteiger partial charge in [0.1, 0.15) is 0 Å². The van der Waals surface area contributed by atoms with E-state index < -0.39 is 0 Å². The van der Waals surface area contributed by atoms with Crippen LogP contribution in [0.2, 0.25) is 0 Å². The van der Waals surface area contributed by atoms with Crippen LogP contribution in [-0.2, 0) is 0 Å². The van der Waals surface area contributed by atoms with Crippen molar-refractivity contribution in [2.75, 3.05) is 24.2 Å². The molecule has 0 saturated carbocycles. The predicted octanol–water partition coefficient (Wildman–Crippen LogP) is 2.62. The van der Waals surface area contributed by atoms with Crippen LogP contribution < -0.4 is 11.1 Å². The van der Waals surface area contributed by atoms with E-state index in [4.69, 9.17) is 5.73 Å². The maximum Gasteiger partial charge on any atom is 0.0907 e. The molecule has 0 aliphatic rings. The zero-order valence-corrected chi connectivity index (χ0v) is 11.8. The molecule has 4 N–H and O–H groups in total. The summed E-state index contributed by atoms with van der Waals surface area (Å²) in [5.74, 6) is 0. The highest BCUT2D eigenvalue weighted by molar-refractivity contribution is 7.18. The highest BCUT2D eigenvalue weighted by atomic mass is 32.1. The fourth-order valence-corrected chi connectivity index (χ4v) is 2.51. The molecule has 1 aromatic carbocycles. The number of nitrogens with one attached hydrogen (secondary N) is 1. The van der Waals surface area contributed by atoms with Crippen molar-refractivity contribution in [2.45, 2.75) is 20.8 Å². The fourth-order valence-electron chi connectivity index (χ4n) is 1.65. The van der Waals surface area contributed by atoms with E-state index in [1.54, 1.807) is 11.3 Å². The SMILES string of the molecule is Cc1nc2cc(NCC(C)(C)CO)c(N)cc2s1. The van der Waals surface area contributed by atoms with E-state index in [2.05, 4.69) is 10.3 Å². The van der Waals surface area contributed by atoms with Crippen molar-refractivity contribution in [1.82, 2.24) is 4.98 Å². The Balaban J connectivity index is 2.25. The van der Waals surface area contributed by atoms with Crippen LogP contribution in [0.1, 0.15) is 18.9 Å². The number of hydrogen-bond donors (Lipinski definition) is 3. The highest BCUT2D eigenvalue weighted by Gasteiger charge is 2.16. The molecule has 0 aliphatic heterocycles. The van der Waals surface area contributed by atoms with Crippen molar-refractivity contribution in [3.05, 3.63) is 17.1 Å². The second-order valence-corrected chi connectivity index (χ2v) is 6.55. The van der Waals surface area contributed by atoms with Crippen molar-refractivity contribution in [2.24, 2.45) is 5.41 Å². The average molecular weight is 265 g/mol. The second-order valence-electron chi connectivity index (χ2n) is 5.32. The summed E-state index contributed by atoms with van der Waals surface area (Å²) in [6, 6.07) is 3.93. The summed E-state index contributed by atoms with van der Waals surface area (Å²) in [4.78, 5) is 4.45. The van der Waals surface area contributed by atoms with Gasteiger partial charge in [0.15, 0.2) is 0 Å². The summed E-state index contributed by atoms with van der Waals surface area (Å²) in [7, 11) is 0. The standard InChI is InChI=1S/C13H19N3OS/c1-8-16-11-5-10(9(14)4-12(11)18-8)15-6-13(2,3)7-17/h4-5,15,17H,6-7,14H2,1-3H3. The van der Waals surface area contributed by atoms with Gasteiger partial charge in [-0.25, -0.2) is 4.98 Å². The van der Waals surface area contributed by atoms with E-state index in [9.17, 15) is 5.11 Å². The molecule has 0 bridgehead atoms. The van der Waals surface area contributed by atoms with Gasteiger partial charge in [0, 0.05) is 18.6 Å². The fraction of sp³-hybridized carbons (Fsp3) is 0.462. The van der Waals surface area contributed by atoms with Crippen LogP contribution in [0.25, 0.3) is 10.2 Å². The molecule has 1 heterocycles. The predicted molar refractivity (Wildman–Crippen MR) is 78.1 cm³/mol. The molecule has 18 heavy (non-hydrogen) atoms. The van der Waals surface area contributed by atoms with E-state index in [1.165, 1.54) is 0 Å². The number of nitrogen functional groups attached to an aromatic ring is 1. The quantitative estimate of drug-likeness (QED) is 0.743. The minimum Gasteiger partial charge on any atom is -0.397 e. The van der Waals surface area contributed by atoms with Crippen LogP contribution in [0.15, 0.2) is 12.1 Å². The Bertz CT molecular complexity index is 563. The number of rotatable bonds is 4. The minimum atomic E-state index is -0.167. The molecule has 0 atom stereocenters. The maximum absolute atomic E-state index is 9.23. The topological polar surface area (TPSA) is 71.2 Å². The smallest absolute Gasteiger partial charge is 0.0907 e. The van der Waals surface area contributed by atoms with Crippen LogP contribution in [0.5, 0.6) is 0 Å². The highest BCUT2D eigenvalue weighted by Crippen LogP contribution is 2.30. The molecule has 0 fully saturated rings. The molecule has 0 saturated heterocycles. The summed E-state index contributed by atoms with van der Waals surface area (Å²) in [5, 5.41) is 13.6. The lowest BCUT2D eigenvalue weighted by atomic mass is 9.95. The molecule has 2 aromatic rings. The van der Waals surface area contributed by atoms with Gasteiger partial charge in [-0.3, -0.25) is 0 Å². The Kier molecular flexibility index (Phi) is 3.45. The van der Waals surface area contributed by atoms with Gasteiger partial charge in [-0.05, 0) is 19.1 Å². The first-order valence-corrected chi connectivity index (χ1v) is 6.74. The number of thiazole rings is 1. The third kappa shape index (κ3) is 2.73. The summed E-state index contributed by atoms with van der Waals surface area (Å²) in [6.07, 6.45) is 0. The van der Waals surface area contributed by atoms with E-state index in [1.807, 2.05) is 32.9 Å². The van der Waals surface area contributed by atoms with Gasteiger partial charge in [0.2, 0.25) is 0 Å². The third-order valence-corrected chi connectivity index (χ3v) is 3.79. The molecule has 2 rings (SSSR count). The Morgan fingerprint density at radius 1 is 1.44 bits per heavy atom. The van der Waals surface area contributed by atoms with Crippen molar-refractivity contribution >= 4 is 32.9 Å². The Labute approximate surface area is 111 Å². The number of nitrogens with zero attached hydrogens (tertiary/aromatic N) is 1. The number of aryl methyl sites for hydroxylation is 1. The lowest BCUT2D eigenvalue weighted by molar-refractivity contribution is 0.171. The number of fused-ring (bicyclic) bond motifs is 1. The Morgan fingerprint density at radius 3 is 2.83 bits per heavy atom. The van der Waals surface area contributed by atoms with E-state index in [0.29, 0.717) is 6.54 Å². The summed E-state index contributed by atoms with van der Waals surface area (Å²) >= 11 is 1.64. The third-order valence-electron chi connectivity index (χ3n) is 2.85. The number of aliphatic hydroxyl groups excluding tert-OH is 1. The first-order valence-electron chi connectivity index (χ1n) is 5.93. The largest absolute Gasteiger partial charge is 0.397 e. The summed E-state index contributed by atoms with van der Waals surface area (Å²) in [6.45, 7) is 6.80. The van der Waals surface area contributed by atoms with Crippen LogP contribution >= 0.6 is 11.3 Å². The van der Waals surface area contributed by atoms with Gasteiger partial charge in [-0.15, -0.1) is 11.3 Å². The summed E-state index contributed by atoms with van der Waals surface area (Å²) < 4.78 is 1.11. The normalized spacial score (nSPS) is 12.0. The van der Waals surface area contributed by atoms with Crippen LogP contribution in [0, 0.1) is 12.3 Å². The first kappa shape index (κ1) is 13.1. The van der Waals surface area contributed by atoms with E-state index >= 15 is 0 Å². The van der Waals surface area contributed by atoms with Gasteiger partial charge in [-0.2, -0.15) is 0 Å². The number of aliphatic hydroxyl groups is 1. The van der Waals surface area contributed by atoms with Crippen LogP contribution in [-0.4, -0.2) is 23.2 Å². The molecule has 0 radical (unpaired) electrons. The van der Waals surface area contributed by atoms with Crippen molar-refractivity contribution < 1.29 is 5.11 Å². The number of hydrogen-bond acceptors (Lipinski definition) is 5. The molecule has 0 aliphatic carbocycles. The number of anilines is 2. The van der Waals surface area contributed by atoms with Gasteiger partial charge < -0.3 is 16.2 Å². The van der Waals surface area contributed by atoms with Crippen molar-refractivity contribution in [3.63, 3.8) is 0 Å². The molecular weight excluding hydrogens is 246 g/mol. The Hall–Kier alpha value is -1.33. The van der Waals surface area contributed by atoms with Gasteiger partial charge in [-0.1, -0.05) is 13.8 Å². The molecule has 0 spiro atoms. The van der Waals surface area contributed by atoms with E-state index in [0.717, 1.165) is 26.6 Å². The van der Waals surface area contributed by atoms with Crippen molar-refractivity contribution in [1.29, 1.82) is 0 Å². The summed E-state index contributed by atoms with van der Waals surface area (Å²) in [5.41, 5.74) is 8.43. The van der Waals surface area contributed by atoms with E-state index in [-0.39, 0.29) is 12.0 Å².